The molecule has 0 aromatic carbocycles. The number of ether oxygens (including phenoxy) is 3. The number of amides is 2. The van der Waals surface area contributed by atoms with Gasteiger partial charge in [0, 0.05) is 44.3 Å². The molecule has 2 heterocycles. The zero-order chi connectivity index (χ0) is 28.7. The summed E-state index contributed by atoms with van der Waals surface area (Å²) in [6, 6.07) is -1.62. The van der Waals surface area contributed by atoms with Gasteiger partial charge in [-0.1, -0.05) is 27.7 Å². The Labute approximate surface area is 230 Å². The number of hydrogen-bond acceptors (Lipinski definition) is 9. The molecule has 11 nitrogen and oxygen atoms in total. The minimum Gasteiger partial charge on any atom is -0.464 e. The molecule has 1 aliphatic carbocycles. The third kappa shape index (κ3) is 7.19. The Morgan fingerprint density at radius 2 is 1.82 bits per heavy atom. The Bertz CT molecular complexity index is 1000. The Morgan fingerprint density at radius 3 is 2.41 bits per heavy atom. The molecule has 1 aliphatic heterocycles. The molecule has 1 aromatic rings. The molecule has 216 valence electrons. The molecule has 0 bridgehead atoms. The number of aromatic nitrogens is 2. The number of carbonyl (C=O) groups is 4. The van der Waals surface area contributed by atoms with Crippen molar-refractivity contribution >= 4 is 23.6 Å². The maximum Gasteiger partial charge on any atom is 0.329 e. The molecule has 3 rings (SSSR count). The van der Waals surface area contributed by atoms with Gasteiger partial charge in [0.2, 0.25) is 11.8 Å². The summed E-state index contributed by atoms with van der Waals surface area (Å²) in [4.78, 5) is 62.9. The summed E-state index contributed by atoms with van der Waals surface area (Å²) in [6.07, 6.45) is 5.60. The van der Waals surface area contributed by atoms with Crippen LogP contribution in [0.1, 0.15) is 64.4 Å². The summed E-state index contributed by atoms with van der Waals surface area (Å²) >= 11 is 0. The molecule has 6 atom stereocenters. The van der Waals surface area contributed by atoms with E-state index in [1.54, 1.807) is 18.9 Å². The van der Waals surface area contributed by atoms with E-state index in [-0.39, 0.29) is 72.9 Å². The molecule has 0 radical (unpaired) electrons. The van der Waals surface area contributed by atoms with Crippen molar-refractivity contribution in [2.24, 2.45) is 29.6 Å². The zero-order valence-electron chi connectivity index (χ0n) is 23.8. The number of methoxy groups -OCH3 is 1. The average molecular weight is 547 g/mol. The zero-order valence-corrected chi connectivity index (χ0v) is 23.8. The number of Topliss-reactive ketones (excluding diaryl/α,β-unsaturated/α-hetero) is 1. The predicted molar refractivity (Wildman–Crippen MR) is 141 cm³/mol. The molecular formula is C28H42N4O7. The number of likely N-dealkylation sites (tertiary alicyclic amines) is 1. The fourth-order valence-corrected chi connectivity index (χ4v) is 5.73. The highest BCUT2D eigenvalue weighted by Crippen LogP contribution is 2.44. The molecule has 2 amide bonds. The highest BCUT2D eigenvalue weighted by Gasteiger charge is 2.55. The van der Waals surface area contributed by atoms with Gasteiger partial charge in [0.1, 0.15) is 24.6 Å². The fraction of sp³-hybridized carbons (Fsp3) is 0.714. The molecule has 1 aromatic heterocycles. The number of carbonyl (C=O) groups excluding carboxylic acids is 4. The second-order valence-electron chi connectivity index (χ2n) is 11.0. The topological polar surface area (TPSA) is 137 Å². The lowest BCUT2D eigenvalue weighted by molar-refractivity contribution is -0.155. The summed E-state index contributed by atoms with van der Waals surface area (Å²) in [7, 11) is 1.56. The van der Waals surface area contributed by atoms with Crippen LogP contribution in [0, 0.1) is 29.6 Å². The molecular weight excluding hydrogens is 504 g/mol. The van der Waals surface area contributed by atoms with Gasteiger partial charge in [-0.3, -0.25) is 19.4 Å². The van der Waals surface area contributed by atoms with Crippen LogP contribution in [0.25, 0.3) is 0 Å². The smallest absolute Gasteiger partial charge is 0.329 e. The van der Waals surface area contributed by atoms with E-state index in [0.29, 0.717) is 6.54 Å². The summed E-state index contributed by atoms with van der Waals surface area (Å²) in [5.41, 5.74) is 0.193. The number of nitrogens with one attached hydrogen (secondary N) is 1. The van der Waals surface area contributed by atoms with Crippen molar-refractivity contribution in [2.75, 3.05) is 27.1 Å². The number of nitrogens with zero attached hydrogens (tertiary/aromatic N) is 3. The van der Waals surface area contributed by atoms with Crippen LogP contribution in [0.2, 0.25) is 0 Å². The third-order valence-corrected chi connectivity index (χ3v) is 7.80. The second kappa shape index (κ2) is 13.9. The highest BCUT2D eigenvalue weighted by molar-refractivity contribution is 5.98. The van der Waals surface area contributed by atoms with Crippen LogP contribution in [0.3, 0.4) is 0 Å². The van der Waals surface area contributed by atoms with Gasteiger partial charge in [-0.15, -0.1) is 0 Å². The normalized spacial score (nSPS) is 23.9. The van der Waals surface area contributed by atoms with Crippen molar-refractivity contribution in [3.8, 4) is 0 Å². The predicted octanol–water partition coefficient (Wildman–Crippen LogP) is 2.25. The molecule has 1 saturated carbocycles. The van der Waals surface area contributed by atoms with Crippen LogP contribution in [0.4, 0.5) is 0 Å². The van der Waals surface area contributed by atoms with Crippen LogP contribution < -0.4 is 5.32 Å². The minimum absolute atomic E-state index is 0.0324. The first kappa shape index (κ1) is 30.6. The molecule has 1 N–H and O–H groups in total. The standard InChI is InChI=1S/C28H42N4O7/c1-7-38-28(36)25-18-8-9-23(39-15-37-6)20(18)14-32(25)27(35)24(17(4)5)31-26(34)19(16(2)3)12-22(33)21-13-29-10-11-30-21/h10-11,13,16-20,23-25H,7-9,12,14-15H2,1-6H3,(H,31,34)/t18-,19+,20-,23+,24-,25-/m0/s1. The van der Waals surface area contributed by atoms with Gasteiger partial charge in [0.25, 0.3) is 0 Å². The van der Waals surface area contributed by atoms with Gasteiger partial charge in [-0.25, -0.2) is 9.78 Å². The van der Waals surface area contributed by atoms with Gasteiger partial charge >= 0.3 is 5.97 Å². The number of esters is 1. The lowest BCUT2D eigenvalue weighted by atomic mass is 9.88. The number of ketones is 1. The van der Waals surface area contributed by atoms with E-state index in [2.05, 4.69) is 15.3 Å². The van der Waals surface area contributed by atoms with Crippen molar-refractivity contribution in [1.82, 2.24) is 20.2 Å². The fourth-order valence-electron chi connectivity index (χ4n) is 5.73. The lowest BCUT2D eigenvalue weighted by Gasteiger charge is -2.32. The molecule has 2 aliphatic rings. The van der Waals surface area contributed by atoms with Gasteiger partial charge in [-0.05, 0) is 37.5 Å². The van der Waals surface area contributed by atoms with E-state index in [4.69, 9.17) is 14.2 Å². The maximum atomic E-state index is 14.0. The summed E-state index contributed by atoms with van der Waals surface area (Å²) < 4.78 is 16.3. The molecule has 11 heteroatoms. The Morgan fingerprint density at radius 1 is 1.08 bits per heavy atom. The van der Waals surface area contributed by atoms with Crippen molar-refractivity contribution in [3.05, 3.63) is 24.3 Å². The van der Waals surface area contributed by atoms with E-state index < -0.39 is 24.0 Å². The number of rotatable bonds is 13. The minimum atomic E-state index is -0.875. The Hall–Kier alpha value is -2.92. The monoisotopic (exact) mass is 546 g/mol. The van der Waals surface area contributed by atoms with Crippen LogP contribution in [-0.4, -0.2) is 83.7 Å². The Kier molecular flexibility index (Phi) is 10.9. The van der Waals surface area contributed by atoms with Crippen molar-refractivity contribution in [1.29, 1.82) is 0 Å². The SMILES string of the molecule is CCOC(=O)[C@@H]1[C@H]2CC[C@@H](OCOC)[C@H]2CN1C(=O)[C@@H](NC(=O)[C@H](CC(=O)c1cnccn1)C(C)C)C(C)C. The van der Waals surface area contributed by atoms with E-state index in [0.717, 1.165) is 12.8 Å². The first-order chi connectivity index (χ1) is 18.6. The van der Waals surface area contributed by atoms with E-state index in [1.807, 2.05) is 27.7 Å². The summed E-state index contributed by atoms with van der Waals surface area (Å²) in [5, 5.41) is 2.91. The average Bonchev–Trinajstić information content (AvgIpc) is 3.48. The van der Waals surface area contributed by atoms with E-state index >= 15 is 0 Å². The molecule has 39 heavy (non-hydrogen) atoms. The van der Waals surface area contributed by atoms with Gasteiger partial charge in [0.15, 0.2) is 5.78 Å². The first-order valence-corrected chi connectivity index (χ1v) is 13.8. The van der Waals surface area contributed by atoms with E-state index in [9.17, 15) is 19.2 Å². The van der Waals surface area contributed by atoms with Gasteiger partial charge in [-0.2, -0.15) is 0 Å². The van der Waals surface area contributed by atoms with Crippen molar-refractivity contribution < 1.29 is 33.4 Å². The van der Waals surface area contributed by atoms with Gasteiger partial charge < -0.3 is 24.4 Å². The summed E-state index contributed by atoms with van der Waals surface area (Å²) in [5.74, 6) is -2.66. The molecule has 2 fully saturated rings. The largest absolute Gasteiger partial charge is 0.464 e. The maximum absolute atomic E-state index is 14.0. The first-order valence-electron chi connectivity index (χ1n) is 13.8. The number of hydrogen-bond donors (Lipinski definition) is 1. The third-order valence-electron chi connectivity index (χ3n) is 7.80. The second-order valence-corrected chi connectivity index (χ2v) is 11.0. The quantitative estimate of drug-likeness (QED) is 0.224. The van der Waals surface area contributed by atoms with E-state index in [1.165, 1.54) is 18.6 Å². The molecule has 0 unspecified atom stereocenters. The van der Waals surface area contributed by atoms with Crippen LogP contribution >= 0.6 is 0 Å². The molecule has 0 spiro atoms. The Balaban J connectivity index is 1.79. The summed E-state index contributed by atoms with van der Waals surface area (Å²) in [6.45, 7) is 9.83. The lowest BCUT2D eigenvalue weighted by Crippen LogP contribution is -2.56. The van der Waals surface area contributed by atoms with Crippen molar-refractivity contribution in [2.45, 2.75) is 72.1 Å². The van der Waals surface area contributed by atoms with Crippen LogP contribution in [0.5, 0.6) is 0 Å². The van der Waals surface area contributed by atoms with Crippen LogP contribution in [0.15, 0.2) is 18.6 Å². The number of fused-ring (bicyclic) bond motifs is 1. The highest BCUT2D eigenvalue weighted by atomic mass is 16.7. The van der Waals surface area contributed by atoms with Crippen molar-refractivity contribution in [3.63, 3.8) is 0 Å². The van der Waals surface area contributed by atoms with Crippen LogP contribution in [-0.2, 0) is 28.6 Å². The van der Waals surface area contributed by atoms with Gasteiger partial charge in [0.05, 0.1) is 18.9 Å². The molecule has 1 saturated heterocycles.